The van der Waals surface area contributed by atoms with Crippen molar-refractivity contribution in [3.8, 4) is 0 Å². The maximum absolute atomic E-state index is 11.9. The molecule has 0 aliphatic carbocycles. The molecule has 0 aliphatic rings. The molecule has 0 spiro atoms. The van der Waals surface area contributed by atoms with Gasteiger partial charge in [0.05, 0.1) is 16.8 Å². The van der Waals surface area contributed by atoms with E-state index in [1.807, 2.05) is 32.0 Å². The van der Waals surface area contributed by atoms with Crippen LogP contribution in [-0.2, 0) is 16.6 Å². The number of imidazole rings is 1. The lowest BCUT2D eigenvalue weighted by Gasteiger charge is -2.06. The fourth-order valence-corrected chi connectivity index (χ4v) is 2.67. The Morgan fingerprint density at radius 1 is 1.53 bits per heavy atom. The summed E-state index contributed by atoms with van der Waals surface area (Å²) in [7, 11) is -0.873. The highest BCUT2D eigenvalue weighted by Gasteiger charge is 2.12. The van der Waals surface area contributed by atoms with Crippen molar-refractivity contribution in [2.24, 2.45) is 0 Å². The molecule has 0 saturated carbocycles. The van der Waals surface area contributed by atoms with Gasteiger partial charge in [-0.25, -0.2) is 4.98 Å². The third kappa shape index (κ3) is 2.66. The van der Waals surface area contributed by atoms with Gasteiger partial charge in [0.15, 0.2) is 0 Å². The van der Waals surface area contributed by atoms with Crippen molar-refractivity contribution in [2.75, 3.05) is 5.73 Å². The lowest BCUT2D eigenvalue weighted by atomic mass is 10.3. The maximum Gasteiger partial charge on any atom is 0.119 e. The second kappa shape index (κ2) is 4.87. The monoisotopic (exact) mass is 251 g/mol. The largest absolute Gasteiger partial charge is 0.399 e. The van der Waals surface area contributed by atoms with Crippen LogP contribution >= 0.6 is 0 Å². The number of rotatable bonds is 4. The van der Waals surface area contributed by atoms with E-state index in [-0.39, 0.29) is 5.25 Å². The molecule has 2 atom stereocenters. The minimum atomic E-state index is -0.873. The Kier molecular flexibility index (Phi) is 3.47. The van der Waals surface area contributed by atoms with Gasteiger partial charge in [0.25, 0.3) is 0 Å². The van der Waals surface area contributed by atoms with E-state index < -0.39 is 10.8 Å². The molecule has 1 heterocycles. The first-order valence-electron chi connectivity index (χ1n) is 5.71. The predicted molar refractivity (Wildman–Crippen MR) is 72.1 cm³/mol. The van der Waals surface area contributed by atoms with Crippen LogP contribution < -0.4 is 5.73 Å². The van der Waals surface area contributed by atoms with E-state index in [1.165, 1.54) is 0 Å². The lowest BCUT2D eigenvalue weighted by molar-refractivity contribution is 0.668. The molecule has 0 amide bonds. The van der Waals surface area contributed by atoms with Crippen molar-refractivity contribution in [3.05, 3.63) is 24.0 Å². The minimum Gasteiger partial charge on any atom is -0.399 e. The van der Waals surface area contributed by atoms with Crippen LogP contribution in [0.2, 0.25) is 0 Å². The zero-order chi connectivity index (χ0) is 12.4. The van der Waals surface area contributed by atoms with E-state index in [4.69, 9.17) is 5.73 Å². The normalized spacial score (nSPS) is 14.9. The van der Waals surface area contributed by atoms with Crippen molar-refractivity contribution < 1.29 is 4.21 Å². The topological polar surface area (TPSA) is 71.8 Å². The molecular formula is C12H17N3OS. The summed E-state index contributed by atoms with van der Waals surface area (Å²) in [6, 6.07) is 5.54. The number of anilines is 1. The zero-order valence-electron chi connectivity index (χ0n) is 10.1. The summed E-state index contributed by atoms with van der Waals surface area (Å²) >= 11 is 0. The molecule has 2 aromatic rings. The van der Waals surface area contributed by atoms with Crippen LogP contribution in [0.15, 0.2) is 18.2 Å². The smallest absolute Gasteiger partial charge is 0.119 e. The highest BCUT2D eigenvalue weighted by Crippen LogP contribution is 2.16. The molecule has 0 fully saturated rings. The van der Waals surface area contributed by atoms with Gasteiger partial charge in [-0.05, 0) is 24.6 Å². The number of H-pyrrole nitrogens is 1. The number of aromatic nitrogens is 2. The second-order valence-corrected chi connectivity index (χ2v) is 6.06. The van der Waals surface area contributed by atoms with Gasteiger partial charge in [0.1, 0.15) is 5.82 Å². The van der Waals surface area contributed by atoms with Gasteiger partial charge in [-0.2, -0.15) is 0 Å². The first-order chi connectivity index (χ1) is 8.10. The molecule has 1 aromatic carbocycles. The van der Waals surface area contributed by atoms with E-state index in [2.05, 4.69) is 9.97 Å². The number of nitrogens with one attached hydrogen (secondary N) is 1. The number of hydrogen-bond acceptors (Lipinski definition) is 3. The summed E-state index contributed by atoms with van der Waals surface area (Å²) < 4.78 is 11.9. The van der Waals surface area contributed by atoms with E-state index in [9.17, 15) is 4.21 Å². The molecule has 17 heavy (non-hydrogen) atoms. The predicted octanol–water partition coefficient (Wildman–Crippen LogP) is 2.19. The first-order valence-corrected chi connectivity index (χ1v) is 7.09. The van der Waals surface area contributed by atoms with Crippen molar-refractivity contribution in [1.29, 1.82) is 0 Å². The van der Waals surface area contributed by atoms with Crippen LogP contribution in [0.3, 0.4) is 0 Å². The van der Waals surface area contributed by atoms with Crippen LogP contribution in [0.4, 0.5) is 5.69 Å². The van der Waals surface area contributed by atoms with Crippen LogP contribution in [0.25, 0.3) is 11.0 Å². The molecule has 3 N–H and O–H groups in total. The Bertz CT molecular complexity index is 550. The first kappa shape index (κ1) is 12.1. The van der Waals surface area contributed by atoms with E-state index >= 15 is 0 Å². The zero-order valence-corrected chi connectivity index (χ0v) is 10.9. The minimum absolute atomic E-state index is 0.202. The number of fused-ring (bicyclic) bond motifs is 1. The number of hydrogen-bond donors (Lipinski definition) is 2. The van der Waals surface area contributed by atoms with Crippen LogP contribution in [0.5, 0.6) is 0 Å². The standard InChI is InChI=1S/C12H17N3OS/c1-3-8(2)17(16)7-12-14-10-5-4-9(13)6-11(10)15-12/h4-6,8H,3,7,13H2,1-2H3,(H,14,15). The van der Waals surface area contributed by atoms with E-state index in [0.717, 1.165) is 23.3 Å². The Balaban J connectivity index is 2.22. The quantitative estimate of drug-likeness (QED) is 0.818. The number of nitrogen functional groups attached to an aromatic ring is 1. The molecule has 2 rings (SSSR count). The van der Waals surface area contributed by atoms with Crippen LogP contribution in [0.1, 0.15) is 26.1 Å². The third-order valence-electron chi connectivity index (χ3n) is 2.86. The molecule has 2 unspecified atom stereocenters. The molecule has 5 heteroatoms. The van der Waals surface area contributed by atoms with Gasteiger partial charge in [-0.15, -0.1) is 0 Å². The highest BCUT2D eigenvalue weighted by atomic mass is 32.2. The fourth-order valence-electron chi connectivity index (χ4n) is 1.61. The fraction of sp³-hybridized carbons (Fsp3) is 0.417. The van der Waals surface area contributed by atoms with Gasteiger partial charge in [-0.3, -0.25) is 4.21 Å². The molecular weight excluding hydrogens is 234 g/mol. The lowest BCUT2D eigenvalue weighted by Crippen LogP contribution is -2.11. The van der Waals surface area contributed by atoms with Crippen molar-refractivity contribution >= 4 is 27.5 Å². The Morgan fingerprint density at radius 2 is 2.29 bits per heavy atom. The average Bonchev–Trinajstić information content (AvgIpc) is 2.69. The van der Waals surface area contributed by atoms with Crippen molar-refractivity contribution in [1.82, 2.24) is 9.97 Å². The van der Waals surface area contributed by atoms with Crippen LogP contribution in [-0.4, -0.2) is 19.4 Å². The van der Waals surface area contributed by atoms with Gasteiger partial charge in [-0.1, -0.05) is 13.8 Å². The third-order valence-corrected chi connectivity index (χ3v) is 4.65. The molecule has 1 aromatic heterocycles. The highest BCUT2D eigenvalue weighted by molar-refractivity contribution is 7.84. The van der Waals surface area contributed by atoms with Gasteiger partial charge in [0, 0.05) is 21.7 Å². The molecule has 92 valence electrons. The average molecular weight is 251 g/mol. The summed E-state index contributed by atoms with van der Waals surface area (Å²) in [5.41, 5.74) is 8.18. The molecule has 0 bridgehead atoms. The summed E-state index contributed by atoms with van der Waals surface area (Å²) in [6.45, 7) is 4.04. The number of benzene rings is 1. The second-order valence-electron chi connectivity index (χ2n) is 4.20. The van der Waals surface area contributed by atoms with Crippen LogP contribution in [0, 0.1) is 0 Å². The number of aromatic amines is 1. The molecule has 0 saturated heterocycles. The van der Waals surface area contributed by atoms with E-state index in [0.29, 0.717) is 11.4 Å². The SMILES string of the molecule is CCC(C)S(=O)Cc1nc2ccc(N)cc2[nH]1. The van der Waals surface area contributed by atoms with Gasteiger partial charge >= 0.3 is 0 Å². The molecule has 0 radical (unpaired) electrons. The van der Waals surface area contributed by atoms with Gasteiger partial charge in [0.2, 0.25) is 0 Å². The maximum atomic E-state index is 11.9. The van der Waals surface area contributed by atoms with E-state index in [1.54, 1.807) is 0 Å². The van der Waals surface area contributed by atoms with Crippen molar-refractivity contribution in [3.63, 3.8) is 0 Å². The number of nitrogens with zero attached hydrogens (tertiary/aromatic N) is 1. The Morgan fingerprint density at radius 3 is 3.00 bits per heavy atom. The molecule has 0 aliphatic heterocycles. The summed E-state index contributed by atoms with van der Waals surface area (Å²) in [4.78, 5) is 7.57. The Labute approximate surface area is 103 Å². The Hall–Kier alpha value is -1.36. The molecule has 4 nitrogen and oxygen atoms in total. The summed E-state index contributed by atoms with van der Waals surface area (Å²) in [5.74, 6) is 1.24. The summed E-state index contributed by atoms with van der Waals surface area (Å²) in [6.07, 6.45) is 0.916. The number of nitrogens with two attached hydrogens (primary N) is 1. The van der Waals surface area contributed by atoms with Gasteiger partial charge < -0.3 is 10.7 Å². The summed E-state index contributed by atoms with van der Waals surface area (Å²) in [5, 5.41) is 0.202. The van der Waals surface area contributed by atoms with Crippen molar-refractivity contribution in [2.45, 2.75) is 31.3 Å².